The second-order valence-corrected chi connectivity index (χ2v) is 6.97. The van der Waals surface area contributed by atoms with E-state index in [0.29, 0.717) is 17.3 Å². The van der Waals surface area contributed by atoms with E-state index >= 15 is 0 Å². The smallest absolute Gasteiger partial charge is 0.343 e. The number of esters is 1. The van der Waals surface area contributed by atoms with E-state index in [0.717, 1.165) is 11.1 Å². The van der Waals surface area contributed by atoms with Gasteiger partial charge in [0.25, 0.3) is 0 Å². The number of cyclic esters (lactones) is 1. The summed E-state index contributed by atoms with van der Waals surface area (Å²) in [6, 6.07) is 10.2. The normalized spacial score (nSPS) is 21.0. The molecular weight excluding hydrogens is 320 g/mol. The third-order valence-corrected chi connectivity index (χ3v) is 4.76. The average molecular weight is 346 g/mol. The van der Waals surface area contributed by atoms with Crippen LogP contribution in [0, 0.1) is 5.92 Å². The van der Waals surface area contributed by atoms with Crippen molar-refractivity contribution in [2.45, 2.75) is 39.0 Å². The van der Waals surface area contributed by atoms with Gasteiger partial charge in [-0.3, -0.25) is 0 Å². The highest BCUT2D eigenvalue weighted by Crippen LogP contribution is 2.26. The first-order chi connectivity index (χ1) is 12.7. The Bertz CT molecular complexity index is 770. The van der Waals surface area contributed by atoms with Crippen LogP contribution in [-0.4, -0.2) is 5.97 Å². The van der Waals surface area contributed by atoms with Crippen LogP contribution in [-0.2, 0) is 9.53 Å². The summed E-state index contributed by atoms with van der Waals surface area (Å²) < 4.78 is 5.36. The molecule has 1 aromatic carbocycles. The van der Waals surface area contributed by atoms with Crippen molar-refractivity contribution in [3.8, 4) is 0 Å². The standard InChI is InChI=1S/C24H26O2/c1-19(9-8-14-20-10-4-2-5-11-20)17-23-18-22(24(25)26-23)16-15-21-12-6-3-7-13-21/h2,4-5,8-11,14-18,21H,3,6-7,12-13H2,1H3/b14-8+,16-15+,19-9+,23-17-. The third kappa shape index (κ3) is 5.45. The van der Waals surface area contributed by atoms with E-state index in [4.69, 9.17) is 4.74 Å². The highest BCUT2D eigenvalue weighted by Gasteiger charge is 2.19. The summed E-state index contributed by atoms with van der Waals surface area (Å²) in [5, 5.41) is 0. The summed E-state index contributed by atoms with van der Waals surface area (Å²) >= 11 is 0. The molecule has 0 bridgehead atoms. The molecule has 3 rings (SSSR count). The Morgan fingerprint density at radius 2 is 1.85 bits per heavy atom. The van der Waals surface area contributed by atoms with E-state index in [1.54, 1.807) is 0 Å². The molecule has 1 aliphatic carbocycles. The Kier molecular flexibility index (Phi) is 6.43. The van der Waals surface area contributed by atoms with Gasteiger partial charge in [0.2, 0.25) is 0 Å². The monoisotopic (exact) mass is 346 g/mol. The molecular formula is C24H26O2. The first-order valence-electron chi connectivity index (χ1n) is 9.44. The first-order valence-corrected chi connectivity index (χ1v) is 9.44. The molecule has 1 saturated carbocycles. The van der Waals surface area contributed by atoms with Gasteiger partial charge in [0.1, 0.15) is 5.76 Å². The molecule has 2 aliphatic rings. The van der Waals surface area contributed by atoms with Crippen molar-refractivity contribution in [1.82, 2.24) is 0 Å². The second-order valence-electron chi connectivity index (χ2n) is 6.97. The minimum absolute atomic E-state index is 0.254. The van der Waals surface area contributed by atoms with E-state index in [2.05, 4.69) is 24.3 Å². The number of carbonyl (C=O) groups excluding carboxylic acids is 1. The lowest BCUT2D eigenvalue weighted by atomic mass is 9.89. The van der Waals surface area contributed by atoms with E-state index in [-0.39, 0.29) is 5.97 Å². The van der Waals surface area contributed by atoms with Gasteiger partial charge in [0.15, 0.2) is 0 Å². The summed E-state index contributed by atoms with van der Waals surface area (Å²) in [6.07, 6.45) is 20.3. The average Bonchev–Trinajstić information content (AvgIpc) is 3.01. The molecule has 134 valence electrons. The summed E-state index contributed by atoms with van der Waals surface area (Å²) in [7, 11) is 0. The third-order valence-electron chi connectivity index (χ3n) is 4.76. The lowest BCUT2D eigenvalue weighted by Gasteiger charge is -2.17. The minimum Gasteiger partial charge on any atom is -0.423 e. The van der Waals surface area contributed by atoms with Crippen LogP contribution in [0.5, 0.6) is 0 Å². The number of rotatable bonds is 5. The molecule has 0 unspecified atom stereocenters. The maximum Gasteiger partial charge on any atom is 0.343 e. The van der Waals surface area contributed by atoms with Gasteiger partial charge in [-0.05, 0) is 49.0 Å². The number of allylic oxidation sites excluding steroid dienone is 6. The van der Waals surface area contributed by atoms with E-state index < -0.39 is 0 Å². The van der Waals surface area contributed by atoms with Gasteiger partial charge in [0.05, 0.1) is 5.57 Å². The zero-order valence-electron chi connectivity index (χ0n) is 15.4. The molecule has 2 heteroatoms. The van der Waals surface area contributed by atoms with Crippen LogP contribution >= 0.6 is 0 Å². The number of hydrogen-bond acceptors (Lipinski definition) is 2. The lowest BCUT2D eigenvalue weighted by molar-refractivity contribution is -0.132. The van der Waals surface area contributed by atoms with E-state index in [1.165, 1.54) is 32.1 Å². The SMILES string of the molecule is CC(/C=C1C=C(/C=C/C2CCCCC2)C(=O)O/1)=C\C=C\c1ccccc1. The van der Waals surface area contributed by atoms with Crippen LogP contribution in [0.4, 0.5) is 0 Å². The predicted octanol–water partition coefficient (Wildman–Crippen LogP) is 6.15. The highest BCUT2D eigenvalue weighted by molar-refractivity contribution is 5.95. The molecule has 1 heterocycles. The number of benzene rings is 1. The van der Waals surface area contributed by atoms with Crippen molar-refractivity contribution in [3.63, 3.8) is 0 Å². The molecule has 1 fully saturated rings. The fraction of sp³-hybridized carbons (Fsp3) is 0.292. The maximum atomic E-state index is 12.0. The molecule has 26 heavy (non-hydrogen) atoms. The molecule has 0 radical (unpaired) electrons. The lowest BCUT2D eigenvalue weighted by Crippen LogP contribution is -2.03. The Balaban J connectivity index is 1.62. The van der Waals surface area contributed by atoms with Gasteiger partial charge in [-0.25, -0.2) is 4.79 Å². The second kappa shape index (κ2) is 9.19. The van der Waals surface area contributed by atoms with Crippen LogP contribution in [0.2, 0.25) is 0 Å². The molecule has 0 atom stereocenters. The van der Waals surface area contributed by atoms with Crippen LogP contribution in [0.15, 0.2) is 83.7 Å². The maximum absolute atomic E-state index is 12.0. The number of ether oxygens (including phenoxy) is 1. The van der Waals surface area contributed by atoms with Crippen molar-refractivity contribution in [1.29, 1.82) is 0 Å². The molecule has 0 N–H and O–H groups in total. The summed E-state index contributed by atoms with van der Waals surface area (Å²) in [6.45, 7) is 2.00. The molecule has 0 saturated heterocycles. The Hall–Kier alpha value is -2.61. The fourth-order valence-electron chi connectivity index (χ4n) is 3.31. The van der Waals surface area contributed by atoms with Gasteiger partial charge < -0.3 is 4.74 Å². The van der Waals surface area contributed by atoms with Crippen molar-refractivity contribution in [3.05, 3.63) is 89.3 Å². The summed E-state index contributed by atoms with van der Waals surface area (Å²) in [4.78, 5) is 12.0. The molecule has 1 aliphatic heterocycles. The summed E-state index contributed by atoms with van der Waals surface area (Å²) in [5.74, 6) is 0.964. The topological polar surface area (TPSA) is 26.3 Å². The van der Waals surface area contributed by atoms with Crippen molar-refractivity contribution < 1.29 is 9.53 Å². The fourth-order valence-corrected chi connectivity index (χ4v) is 3.31. The van der Waals surface area contributed by atoms with Crippen LogP contribution in [0.3, 0.4) is 0 Å². The minimum atomic E-state index is -0.254. The van der Waals surface area contributed by atoms with Crippen LogP contribution < -0.4 is 0 Å². The largest absolute Gasteiger partial charge is 0.423 e. The molecule has 2 nitrogen and oxygen atoms in total. The zero-order valence-corrected chi connectivity index (χ0v) is 15.4. The number of carbonyl (C=O) groups is 1. The summed E-state index contributed by atoms with van der Waals surface area (Å²) in [5.41, 5.74) is 2.84. The quantitative estimate of drug-likeness (QED) is 0.472. The molecule has 1 aromatic rings. The van der Waals surface area contributed by atoms with Crippen molar-refractivity contribution in [2.75, 3.05) is 0 Å². The molecule has 0 amide bonds. The van der Waals surface area contributed by atoms with Gasteiger partial charge in [-0.15, -0.1) is 0 Å². The van der Waals surface area contributed by atoms with E-state index in [9.17, 15) is 4.79 Å². The highest BCUT2D eigenvalue weighted by atomic mass is 16.5. The van der Waals surface area contributed by atoms with Crippen LogP contribution in [0.25, 0.3) is 6.08 Å². The predicted molar refractivity (Wildman–Crippen MR) is 107 cm³/mol. The van der Waals surface area contributed by atoms with Gasteiger partial charge in [-0.1, -0.05) is 80.0 Å². The Morgan fingerprint density at radius 3 is 2.62 bits per heavy atom. The molecule has 0 spiro atoms. The first kappa shape index (κ1) is 18.2. The number of hydrogen-bond donors (Lipinski definition) is 0. The van der Waals surface area contributed by atoms with Gasteiger partial charge in [-0.2, -0.15) is 0 Å². The zero-order chi connectivity index (χ0) is 18.2. The Labute approximate surface area is 156 Å². The van der Waals surface area contributed by atoms with Gasteiger partial charge in [0, 0.05) is 0 Å². The van der Waals surface area contributed by atoms with Crippen molar-refractivity contribution >= 4 is 12.0 Å². The van der Waals surface area contributed by atoms with E-state index in [1.807, 2.05) is 55.5 Å². The Morgan fingerprint density at radius 1 is 1.08 bits per heavy atom. The van der Waals surface area contributed by atoms with Gasteiger partial charge >= 0.3 is 5.97 Å². The molecule has 0 aromatic heterocycles. The van der Waals surface area contributed by atoms with Crippen LogP contribution in [0.1, 0.15) is 44.6 Å². The van der Waals surface area contributed by atoms with Crippen molar-refractivity contribution in [2.24, 2.45) is 5.92 Å².